The van der Waals surface area contributed by atoms with Gasteiger partial charge in [0.1, 0.15) is 0 Å². The van der Waals surface area contributed by atoms with Gasteiger partial charge >= 0.3 is 0 Å². The maximum Gasteiger partial charge on any atom is 0.248 e. The molecule has 1 aliphatic rings. The average molecular weight is 231 g/mol. The highest BCUT2D eigenvalue weighted by molar-refractivity contribution is 6.21. The van der Waals surface area contributed by atoms with E-state index in [-0.39, 0.29) is 24.1 Å². The van der Waals surface area contributed by atoms with Crippen molar-refractivity contribution in [3.8, 4) is 0 Å². The third-order valence-corrected chi connectivity index (χ3v) is 3.54. The molecule has 0 amide bonds. The number of rotatable bonds is 2. The zero-order valence-electron chi connectivity index (χ0n) is 8.51. The van der Waals surface area contributed by atoms with Gasteiger partial charge in [-0.2, -0.15) is 0 Å². The van der Waals surface area contributed by atoms with Crippen LogP contribution >= 0.6 is 11.6 Å². The number of halogens is 3. The van der Waals surface area contributed by atoms with Crippen LogP contribution in [0, 0.1) is 12.8 Å². The topological polar surface area (TPSA) is 0 Å². The van der Waals surface area contributed by atoms with Gasteiger partial charge in [0.2, 0.25) is 5.92 Å². The van der Waals surface area contributed by atoms with Crippen molar-refractivity contribution < 1.29 is 8.78 Å². The molecule has 2 rings (SSSR count). The fourth-order valence-corrected chi connectivity index (χ4v) is 2.26. The molecule has 0 saturated heterocycles. The van der Waals surface area contributed by atoms with E-state index in [0.717, 1.165) is 11.1 Å². The Morgan fingerprint density at radius 2 is 1.80 bits per heavy atom. The summed E-state index contributed by atoms with van der Waals surface area (Å²) in [4.78, 5) is 0. The minimum Gasteiger partial charge on any atom is -0.207 e. The molecule has 0 spiro atoms. The number of benzene rings is 1. The van der Waals surface area contributed by atoms with Gasteiger partial charge < -0.3 is 0 Å². The first-order valence-corrected chi connectivity index (χ1v) is 5.50. The highest BCUT2D eigenvalue weighted by atomic mass is 35.5. The van der Waals surface area contributed by atoms with E-state index >= 15 is 0 Å². The summed E-state index contributed by atoms with van der Waals surface area (Å²) in [6, 6.07) is 7.76. The molecule has 0 radical (unpaired) electrons. The number of hydrogen-bond acceptors (Lipinski definition) is 0. The summed E-state index contributed by atoms with van der Waals surface area (Å²) < 4.78 is 25.3. The minimum absolute atomic E-state index is 0.0744. The highest BCUT2D eigenvalue weighted by Gasteiger charge is 2.48. The molecule has 1 aromatic carbocycles. The molecule has 1 unspecified atom stereocenters. The van der Waals surface area contributed by atoms with Crippen molar-refractivity contribution in [3.63, 3.8) is 0 Å². The van der Waals surface area contributed by atoms with Crippen molar-refractivity contribution in [3.05, 3.63) is 35.4 Å². The van der Waals surface area contributed by atoms with Crippen molar-refractivity contribution in [1.29, 1.82) is 0 Å². The smallest absolute Gasteiger partial charge is 0.207 e. The van der Waals surface area contributed by atoms with E-state index in [2.05, 4.69) is 0 Å². The first-order valence-electron chi connectivity index (χ1n) is 5.06. The van der Waals surface area contributed by atoms with E-state index in [0.29, 0.717) is 0 Å². The second-order valence-electron chi connectivity index (χ2n) is 4.34. The Hall–Kier alpha value is -0.630. The normalized spacial score (nSPS) is 22.1. The lowest BCUT2D eigenvalue weighted by atomic mass is 9.77. The molecular formula is C12H13ClF2. The van der Waals surface area contributed by atoms with Gasteiger partial charge in [-0.15, -0.1) is 11.6 Å². The van der Waals surface area contributed by atoms with Crippen LogP contribution in [0.15, 0.2) is 24.3 Å². The lowest BCUT2D eigenvalue weighted by molar-refractivity contribution is -0.111. The summed E-state index contributed by atoms with van der Waals surface area (Å²) in [5.74, 6) is -2.56. The Bertz CT molecular complexity index is 337. The number of alkyl halides is 3. The summed E-state index contributed by atoms with van der Waals surface area (Å²) in [6.45, 7) is 1.99. The third kappa shape index (κ3) is 2.31. The summed E-state index contributed by atoms with van der Waals surface area (Å²) in [6.07, 6.45) is -0.149. The van der Waals surface area contributed by atoms with E-state index in [1.807, 2.05) is 31.2 Å². The van der Waals surface area contributed by atoms with Crippen LogP contribution in [0.1, 0.15) is 29.3 Å². The first-order chi connectivity index (χ1) is 6.98. The van der Waals surface area contributed by atoms with Gasteiger partial charge in [0.25, 0.3) is 0 Å². The molecule has 0 aliphatic heterocycles. The van der Waals surface area contributed by atoms with Crippen LogP contribution in [-0.4, -0.2) is 5.92 Å². The Morgan fingerprint density at radius 3 is 2.27 bits per heavy atom. The maximum absolute atomic E-state index is 12.7. The molecule has 0 heterocycles. The zero-order chi connectivity index (χ0) is 11.1. The van der Waals surface area contributed by atoms with Gasteiger partial charge in [-0.05, 0) is 18.4 Å². The Labute approximate surface area is 93.2 Å². The van der Waals surface area contributed by atoms with Crippen LogP contribution in [0.3, 0.4) is 0 Å². The van der Waals surface area contributed by atoms with Crippen LogP contribution < -0.4 is 0 Å². The Morgan fingerprint density at radius 1 is 1.27 bits per heavy atom. The lowest BCUT2D eigenvalue weighted by Gasteiger charge is -2.37. The van der Waals surface area contributed by atoms with E-state index < -0.39 is 5.92 Å². The van der Waals surface area contributed by atoms with Crippen molar-refractivity contribution in [2.24, 2.45) is 5.92 Å². The molecule has 0 bridgehead atoms. The Kier molecular flexibility index (Phi) is 2.72. The highest BCUT2D eigenvalue weighted by Crippen LogP contribution is 2.50. The van der Waals surface area contributed by atoms with Gasteiger partial charge in [-0.25, -0.2) is 8.78 Å². The SMILES string of the molecule is Cc1ccc(C(Cl)C2CC(F)(F)C2)cc1. The molecule has 0 nitrogen and oxygen atoms in total. The number of aryl methyl sites for hydroxylation is 1. The van der Waals surface area contributed by atoms with Gasteiger partial charge in [0.15, 0.2) is 0 Å². The van der Waals surface area contributed by atoms with Crippen molar-refractivity contribution >= 4 is 11.6 Å². The fourth-order valence-electron chi connectivity index (χ4n) is 1.94. The third-order valence-electron chi connectivity index (χ3n) is 2.93. The van der Waals surface area contributed by atoms with Crippen LogP contribution in [-0.2, 0) is 0 Å². The van der Waals surface area contributed by atoms with E-state index in [4.69, 9.17) is 11.6 Å². The molecule has 1 fully saturated rings. The predicted molar refractivity (Wildman–Crippen MR) is 57.4 cm³/mol. The molecule has 15 heavy (non-hydrogen) atoms. The quantitative estimate of drug-likeness (QED) is 0.664. The average Bonchev–Trinajstić information content (AvgIpc) is 2.14. The monoisotopic (exact) mass is 230 g/mol. The van der Waals surface area contributed by atoms with Crippen molar-refractivity contribution in [1.82, 2.24) is 0 Å². The van der Waals surface area contributed by atoms with E-state index in [1.54, 1.807) is 0 Å². The summed E-state index contributed by atoms with van der Waals surface area (Å²) >= 11 is 6.15. The van der Waals surface area contributed by atoms with Crippen LogP contribution in [0.4, 0.5) is 8.78 Å². The van der Waals surface area contributed by atoms with Crippen LogP contribution in [0.5, 0.6) is 0 Å². The van der Waals surface area contributed by atoms with Crippen LogP contribution in [0.25, 0.3) is 0 Å². The van der Waals surface area contributed by atoms with E-state index in [1.165, 1.54) is 0 Å². The molecule has 0 aromatic heterocycles. The zero-order valence-corrected chi connectivity index (χ0v) is 9.27. The second-order valence-corrected chi connectivity index (χ2v) is 4.81. The summed E-state index contributed by atoms with van der Waals surface area (Å²) in [7, 11) is 0. The van der Waals surface area contributed by atoms with Gasteiger partial charge in [-0.1, -0.05) is 29.8 Å². The van der Waals surface area contributed by atoms with E-state index in [9.17, 15) is 8.78 Å². The van der Waals surface area contributed by atoms with Crippen LogP contribution in [0.2, 0.25) is 0 Å². The predicted octanol–water partition coefficient (Wildman–Crippen LogP) is 4.32. The lowest BCUT2D eigenvalue weighted by Crippen LogP contribution is -2.37. The maximum atomic E-state index is 12.7. The fraction of sp³-hybridized carbons (Fsp3) is 0.500. The molecule has 1 atom stereocenters. The van der Waals surface area contributed by atoms with Crippen molar-refractivity contribution in [2.75, 3.05) is 0 Å². The molecule has 1 aliphatic carbocycles. The molecule has 0 N–H and O–H groups in total. The first kappa shape index (κ1) is 10.9. The molecule has 3 heteroatoms. The largest absolute Gasteiger partial charge is 0.248 e. The van der Waals surface area contributed by atoms with Gasteiger partial charge in [0.05, 0.1) is 5.38 Å². The summed E-state index contributed by atoms with van der Waals surface area (Å²) in [5.41, 5.74) is 2.10. The summed E-state index contributed by atoms with van der Waals surface area (Å²) in [5, 5.41) is -0.273. The number of hydrogen-bond donors (Lipinski definition) is 0. The van der Waals surface area contributed by atoms with Gasteiger partial charge in [0, 0.05) is 12.8 Å². The molecule has 1 saturated carbocycles. The Balaban J connectivity index is 2.03. The second kappa shape index (κ2) is 3.75. The molecular weight excluding hydrogens is 218 g/mol. The molecule has 82 valence electrons. The van der Waals surface area contributed by atoms with Crippen molar-refractivity contribution in [2.45, 2.75) is 31.1 Å². The molecule has 1 aromatic rings. The minimum atomic E-state index is -2.48. The standard InChI is InChI=1S/C12H13ClF2/c1-8-2-4-9(5-3-8)11(13)10-6-12(14,15)7-10/h2-5,10-11H,6-7H2,1H3. The van der Waals surface area contributed by atoms with Gasteiger partial charge in [-0.3, -0.25) is 0 Å².